The molecule has 0 bridgehead atoms. The zero-order chi connectivity index (χ0) is 19.3. The zero-order valence-corrected chi connectivity index (χ0v) is 17.2. The lowest BCUT2D eigenvalue weighted by atomic mass is 10.3. The Bertz CT molecular complexity index is 853. The van der Waals surface area contributed by atoms with Crippen molar-refractivity contribution < 1.29 is 12.9 Å². The molecule has 1 aliphatic heterocycles. The lowest BCUT2D eigenvalue weighted by Gasteiger charge is -2.35. The van der Waals surface area contributed by atoms with Crippen LogP contribution < -0.4 is 5.32 Å². The molecule has 8 nitrogen and oxygen atoms in total. The molecule has 0 spiro atoms. The molecule has 1 fully saturated rings. The summed E-state index contributed by atoms with van der Waals surface area (Å²) in [6.07, 6.45) is 2.43. The molecule has 1 N–H and O–H groups in total. The molecule has 1 aliphatic rings. The third-order valence-electron chi connectivity index (χ3n) is 4.45. The number of rotatable bonds is 6. The summed E-state index contributed by atoms with van der Waals surface area (Å²) in [6.45, 7) is 4.94. The van der Waals surface area contributed by atoms with Crippen LogP contribution in [0.5, 0.6) is 0 Å². The Morgan fingerprint density at radius 2 is 2.00 bits per heavy atom. The quantitative estimate of drug-likeness (QED) is 0.572. The smallest absolute Gasteiger partial charge is 0.220 e. The fourth-order valence-electron chi connectivity index (χ4n) is 2.97. The lowest BCUT2D eigenvalue weighted by Crippen LogP contribution is -2.53. The van der Waals surface area contributed by atoms with Crippen molar-refractivity contribution in [1.82, 2.24) is 19.7 Å². The summed E-state index contributed by atoms with van der Waals surface area (Å²) in [7, 11) is -1.64. The first-order chi connectivity index (χ1) is 13.0. The summed E-state index contributed by atoms with van der Waals surface area (Å²) in [5.41, 5.74) is 0.428. The van der Waals surface area contributed by atoms with Crippen molar-refractivity contribution in [1.29, 1.82) is 0 Å². The zero-order valence-electron chi connectivity index (χ0n) is 15.6. The predicted octanol–water partition coefficient (Wildman–Crippen LogP) is 1.52. The van der Waals surface area contributed by atoms with Gasteiger partial charge in [-0.05, 0) is 18.6 Å². The first-order valence-electron chi connectivity index (χ1n) is 8.92. The molecule has 0 amide bonds. The van der Waals surface area contributed by atoms with Gasteiger partial charge in [0.15, 0.2) is 5.96 Å². The molecule has 10 heteroatoms. The normalized spacial score (nSPS) is 16.7. The number of aromatic nitrogens is 1. The highest BCUT2D eigenvalue weighted by Crippen LogP contribution is 2.17. The van der Waals surface area contributed by atoms with Crippen LogP contribution in [0, 0.1) is 0 Å². The maximum absolute atomic E-state index is 12.5. The summed E-state index contributed by atoms with van der Waals surface area (Å²) >= 11 is 1.80. The SMILES string of the molecule is CCc1ccc(CNC(=NC)N2CCN(S(=O)(=O)Cc3ccon3)CC2)s1. The van der Waals surface area contributed by atoms with Gasteiger partial charge in [-0.25, -0.2) is 8.42 Å². The van der Waals surface area contributed by atoms with Crippen LogP contribution in [0.4, 0.5) is 0 Å². The Morgan fingerprint density at radius 1 is 1.26 bits per heavy atom. The summed E-state index contributed by atoms with van der Waals surface area (Å²) in [4.78, 5) is 9.08. The first kappa shape index (κ1) is 19.8. The van der Waals surface area contributed by atoms with Crippen molar-refractivity contribution in [2.24, 2.45) is 4.99 Å². The van der Waals surface area contributed by atoms with E-state index in [2.05, 4.69) is 39.4 Å². The standard InChI is InChI=1S/C17H25N5O3S2/c1-3-15-4-5-16(26-15)12-19-17(18-2)21-7-9-22(10-8-21)27(23,24)13-14-6-11-25-20-14/h4-6,11H,3,7-10,12-13H2,1-2H3,(H,18,19). The van der Waals surface area contributed by atoms with E-state index < -0.39 is 10.0 Å². The van der Waals surface area contributed by atoms with E-state index in [0.29, 0.717) is 31.9 Å². The van der Waals surface area contributed by atoms with Gasteiger partial charge in [0.1, 0.15) is 12.0 Å². The van der Waals surface area contributed by atoms with Crippen LogP contribution in [0.15, 0.2) is 34.0 Å². The van der Waals surface area contributed by atoms with Crippen LogP contribution >= 0.6 is 11.3 Å². The number of hydrogen-bond donors (Lipinski definition) is 1. The number of nitrogens with zero attached hydrogens (tertiary/aromatic N) is 4. The number of nitrogens with one attached hydrogen (secondary N) is 1. The highest BCUT2D eigenvalue weighted by atomic mass is 32.2. The Morgan fingerprint density at radius 3 is 2.59 bits per heavy atom. The minimum Gasteiger partial charge on any atom is -0.364 e. The Labute approximate surface area is 163 Å². The van der Waals surface area contributed by atoms with Crippen LogP contribution in [0.2, 0.25) is 0 Å². The van der Waals surface area contributed by atoms with E-state index in [1.165, 1.54) is 20.3 Å². The Hall–Kier alpha value is -1.91. The molecule has 148 valence electrons. The van der Waals surface area contributed by atoms with Gasteiger partial charge in [-0.2, -0.15) is 4.31 Å². The average Bonchev–Trinajstić information content (AvgIpc) is 3.34. The van der Waals surface area contributed by atoms with Crippen LogP contribution in [0.1, 0.15) is 22.4 Å². The molecule has 0 aromatic carbocycles. The van der Waals surface area contributed by atoms with E-state index in [4.69, 9.17) is 4.52 Å². The molecule has 0 saturated carbocycles. The molecule has 0 unspecified atom stereocenters. The summed E-state index contributed by atoms with van der Waals surface area (Å²) in [6, 6.07) is 5.87. The Balaban J connectivity index is 1.52. The average molecular weight is 412 g/mol. The number of piperazine rings is 1. The van der Waals surface area contributed by atoms with Gasteiger partial charge in [0, 0.05) is 49.0 Å². The molecular formula is C17H25N5O3S2. The van der Waals surface area contributed by atoms with Crippen molar-refractivity contribution >= 4 is 27.3 Å². The highest BCUT2D eigenvalue weighted by molar-refractivity contribution is 7.88. The van der Waals surface area contributed by atoms with E-state index in [0.717, 1.165) is 18.9 Å². The van der Waals surface area contributed by atoms with E-state index in [9.17, 15) is 8.42 Å². The van der Waals surface area contributed by atoms with E-state index >= 15 is 0 Å². The topological polar surface area (TPSA) is 91.0 Å². The molecule has 3 heterocycles. The summed E-state index contributed by atoms with van der Waals surface area (Å²) < 4.78 is 31.3. The minimum absolute atomic E-state index is 0.130. The van der Waals surface area contributed by atoms with Gasteiger partial charge in [-0.3, -0.25) is 4.99 Å². The molecule has 27 heavy (non-hydrogen) atoms. The van der Waals surface area contributed by atoms with Crippen molar-refractivity contribution in [3.8, 4) is 0 Å². The Kier molecular flexibility index (Phi) is 6.51. The van der Waals surface area contributed by atoms with E-state index in [-0.39, 0.29) is 5.75 Å². The van der Waals surface area contributed by atoms with Crippen molar-refractivity contribution in [3.05, 3.63) is 39.9 Å². The maximum Gasteiger partial charge on any atom is 0.220 e. The minimum atomic E-state index is -3.39. The third-order valence-corrected chi connectivity index (χ3v) is 7.49. The van der Waals surface area contributed by atoms with Crippen molar-refractivity contribution in [2.75, 3.05) is 33.2 Å². The van der Waals surface area contributed by atoms with Crippen LogP contribution in [0.25, 0.3) is 0 Å². The molecule has 3 rings (SSSR count). The van der Waals surface area contributed by atoms with Crippen LogP contribution in [-0.4, -0.2) is 62.0 Å². The molecule has 0 atom stereocenters. The molecule has 2 aromatic heterocycles. The molecular weight excluding hydrogens is 386 g/mol. The van der Waals surface area contributed by atoms with Gasteiger partial charge in [-0.1, -0.05) is 12.1 Å². The van der Waals surface area contributed by atoms with Crippen molar-refractivity contribution in [3.63, 3.8) is 0 Å². The van der Waals surface area contributed by atoms with Gasteiger partial charge < -0.3 is 14.7 Å². The molecule has 2 aromatic rings. The van der Waals surface area contributed by atoms with Gasteiger partial charge in [0.25, 0.3) is 0 Å². The number of aryl methyl sites for hydroxylation is 1. The number of guanidine groups is 1. The second-order valence-corrected chi connectivity index (χ2v) is 9.48. The van der Waals surface area contributed by atoms with Gasteiger partial charge in [0.2, 0.25) is 10.0 Å². The van der Waals surface area contributed by atoms with Crippen LogP contribution in [0.3, 0.4) is 0 Å². The molecule has 0 radical (unpaired) electrons. The largest absolute Gasteiger partial charge is 0.364 e. The fourth-order valence-corrected chi connectivity index (χ4v) is 5.30. The van der Waals surface area contributed by atoms with Gasteiger partial charge in [-0.15, -0.1) is 11.3 Å². The van der Waals surface area contributed by atoms with Gasteiger partial charge in [0.05, 0.1) is 12.2 Å². The molecule has 1 saturated heterocycles. The third kappa shape index (κ3) is 5.08. The summed E-state index contributed by atoms with van der Waals surface area (Å²) in [5.74, 6) is 0.671. The van der Waals surface area contributed by atoms with E-state index in [1.807, 2.05) is 0 Å². The number of hydrogen-bond acceptors (Lipinski definition) is 6. The lowest BCUT2D eigenvalue weighted by molar-refractivity contribution is 0.260. The number of sulfonamides is 1. The van der Waals surface area contributed by atoms with E-state index in [1.54, 1.807) is 24.5 Å². The first-order valence-corrected chi connectivity index (χ1v) is 11.3. The van der Waals surface area contributed by atoms with Crippen molar-refractivity contribution in [2.45, 2.75) is 25.6 Å². The number of thiophene rings is 1. The van der Waals surface area contributed by atoms with Gasteiger partial charge >= 0.3 is 0 Å². The maximum atomic E-state index is 12.5. The second kappa shape index (κ2) is 8.85. The monoisotopic (exact) mass is 411 g/mol. The van der Waals surface area contributed by atoms with Crippen LogP contribution in [-0.2, 0) is 28.7 Å². The highest BCUT2D eigenvalue weighted by Gasteiger charge is 2.28. The summed E-state index contributed by atoms with van der Waals surface area (Å²) in [5, 5.41) is 7.07. The second-order valence-electron chi connectivity index (χ2n) is 6.26. The fraction of sp³-hybridized carbons (Fsp3) is 0.529. The number of aliphatic imine (C=N–C) groups is 1. The predicted molar refractivity (Wildman–Crippen MR) is 106 cm³/mol. The molecule has 0 aliphatic carbocycles.